The lowest BCUT2D eigenvalue weighted by Gasteiger charge is -2.23. The van der Waals surface area contributed by atoms with E-state index in [1.165, 1.54) is 33.0 Å². The van der Waals surface area contributed by atoms with Gasteiger partial charge < -0.3 is 9.47 Å². The quantitative estimate of drug-likeness (QED) is 0.797. The molecule has 0 heterocycles. The SMILES string of the molecule is CCOC(=O)[C@@H](NC(=O)OC(C)(C)C)C(F)(F)F. The molecule has 0 bridgehead atoms. The van der Waals surface area contributed by atoms with Crippen molar-refractivity contribution in [2.75, 3.05) is 6.61 Å². The Hall–Kier alpha value is -1.47. The van der Waals surface area contributed by atoms with Crippen LogP contribution in [0, 0.1) is 0 Å². The molecule has 0 aliphatic carbocycles. The molecule has 18 heavy (non-hydrogen) atoms. The molecule has 0 aromatic carbocycles. The van der Waals surface area contributed by atoms with Crippen molar-refractivity contribution in [2.45, 2.75) is 45.5 Å². The summed E-state index contributed by atoms with van der Waals surface area (Å²) in [6.45, 7) is 5.60. The number of alkyl carbamates (subject to hydrolysis) is 1. The van der Waals surface area contributed by atoms with Crippen LogP contribution in [-0.2, 0) is 14.3 Å². The second-order valence-corrected chi connectivity index (χ2v) is 4.37. The van der Waals surface area contributed by atoms with E-state index >= 15 is 0 Å². The maximum absolute atomic E-state index is 12.5. The van der Waals surface area contributed by atoms with E-state index in [0.29, 0.717) is 0 Å². The van der Waals surface area contributed by atoms with Gasteiger partial charge in [0.1, 0.15) is 5.60 Å². The Kier molecular flexibility index (Phi) is 5.44. The Morgan fingerprint density at radius 3 is 2.06 bits per heavy atom. The summed E-state index contributed by atoms with van der Waals surface area (Å²) < 4.78 is 46.4. The minimum absolute atomic E-state index is 0.221. The number of alkyl halides is 3. The van der Waals surface area contributed by atoms with E-state index in [-0.39, 0.29) is 6.61 Å². The van der Waals surface area contributed by atoms with Crippen LogP contribution in [0.15, 0.2) is 0 Å². The second-order valence-electron chi connectivity index (χ2n) is 4.37. The molecule has 0 aromatic heterocycles. The average molecular weight is 271 g/mol. The molecule has 1 amide bonds. The van der Waals surface area contributed by atoms with Gasteiger partial charge in [0, 0.05) is 0 Å². The van der Waals surface area contributed by atoms with Gasteiger partial charge in [-0.15, -0.1) is 0 Å². The predicted octanol–water partition coefficient (Wildman–Crippen LogP) is 2.01. The third-order valence-corrected chi connectivity index (χ3v) is 1.51. The lowest BCUT2D eigenvalue weighted by molar-refractivity contribution is -0.183. The first kappa shape index (κ1) is 16.5. The fourth-order valence-electron chi connectivity index (χ4n) is 0.925. The van der Waals surface area contributed by atoms with Crippen LogP contribution in [0.5, 0.6) is 0 Å². The standard InChI is InChI=1S/C10H16F3NO4/c1-5-17-7(15)6(10(11,12)13)14-8(16)18-9(2,3)4/h6H,5H2,1-4H3,(H,14,16)/t6-/m1/s1. The first-order chi connectivity index (χ1) is 7.97. The van der Waals surface area contributed by atoms with Gasteiger partial charge in [0.25, 0.3) is 0 Å². The van der Waals surface area contributed by atoms with Crippen molar-refractivity contribution in [1.29, 1.82) is 0 Å². The topological polar surface area (TPSA) is 64.6 Å². The second kappa shape index (κ2) is 5.92. The fraction of sp³-hybridized carbons (Fsp3) is 0.800. The van der Waals surface area contributed by atoms with E-state index in [1.807, 2.05) is 0 Å². The number of ether oxygens (including phenoxy) is 2. The maximum atomic E-state index is 12.5. The summed E-state index contributed by atoms with van der Waals surface area (Å²) in [6.07, 6.45) is -6.28. The third kappa shape index (κ3) is 6.31. The largest absolute Gasteiger partial charge is 0.464 e. The fourth-order valence-corrected chi connectivity index (χ4v) is 0.925. The highest BCUT2D eigenvalue weighted by Crippen LogP contribution is 2.21. The number of carbonyl (C=O) groups is 2. The first-order valence-corrected chi connectivity index (χ1v) is 5.20. The van der Waals surface area contributed by atoms with Crippen LogP contribution in [0.4, 0.5) is 18.0 Å². The number of amides is 1. The van der Waals surface area contributed by atoms with Gasteiger partial charge in [0.05, 0.1) is 6.61 Å². The lowest BCUT2D eigenvalue weighted by atomic mass is 10.2. The van der Waals surface area contributed by atoms with Gasteiger partial charge in [-0.1, -0.05) is 0 Å². The molecule has 0 unspecified atom stereocenters. The van der Waals surface area contributed by atoms with Gasteiger partial charge in [0.15, 0.2) is 0 Å². The molecular weight excluding hydrogens is 255 g/mol. The minimum atomic E-state index is -4.94. The molecule has 0 aromatic rings. The van der Waals surface area contributed by atoms with Crippen LogP contribution >= 0.6 is 0 Å². The average Bonchev–Trinajstić information content (AvgIpc) is 2.09. The third-order valence-electron chi connectivity index (χ3n) is 1.51. The van der Waals surface area contributed by atoms with Crippen molar-refractivity contribution in [3.8, 4) is 0 Å². The maximum Gasteiger partial charge on any atom is 0.419 e. The Morgan fingerprint density at radius 2 is 1.72 bits per heavy atom. The van der Waals surface area contributed by atoms with E-state index in [2.05, 4.69) is 9.47 Å². The van der Waals surface area contributed by atoms with Gasteiger partial charge in [-0.3, -0.25) is 5.32 Å². The number of rotatable bonds is 3. The van der Waals surface area contributed by atoms with Crippen LogP contribution in [0.25, 0.3) is 0 Å². The summed E-state index contributed by atoms with van der Waals surface area (Å²) in [5.41, 5.74) is -0.963. The highest BCUT2D eigenvalue weighted by Gasteiger charge is 2.47. The number of halogens is 3. The molecule has 0 aliphatic heterocycles. The minimum Gasteiger partial charge on any atom is -0.464 e. The number of hydrogen-bond donors (Lipinski definition) is 1. The van der Waals surface area contributed by atoms with Crippen molar-refractivity contribution < 1.29 is 32.2 Å². The molecule has 0 radical (unpaired) electrons. The van der Waals surface area contributed by atoms with Gasteiger partial charge in [-0.2, -0.15) is 13.2 Å². The number of hydrogen-bond acceptors (Lipinski definition) is 4. The summed E-state index contributed by atoms with van der Waals surface area (Å²) in [6, 6.07) is -2.73. The number of nitrogens with one attached hydrogen (secondary N) is 1. The molecule has 0 fully saturated rings. The van der Waals surface area contributed by atoms with Crippen LogP contribution < -0.4 is 5.32 Å². The zero-order valence-corrected chi connectivity index (χ0v) is 10.6. The summed E-state index contributed by atoms with van der Waals surface area (Å²) in [4.78, 5) is 22.3. The van der Waals surface area contributed by atoms with Gasteiger partial charge in [-0.05, 0) is 27.7 Å². The molecular formula is C10H16F3NO4. The molecule has 0 aliphatic rings. The van der Waals surface area contributed by atoms with Gasteiger partial charge in [0.2, 0.25) is 6.04 Å². The zero-order valence-electron chi connectivity index (χ0n) is 10.6. The smallest absolute Gasteiger partial charge is 0.419 e. The number of carbonyl (C=O) groups excluding carboxylic acids is 2. The van der Waals surface area contributed by atoms with E-state index in [0.717, 1.165) is 0 Å². The monoisotopic (exact) mass is 271 g/mol. The highest BCUT2D eigenvalue weighted by atomic mass is 19.4. The summed E-state index contributed by atoms with van der Waals surface area (Å²) >= 11 is 0. The van der Waals surface area contributed by atoms with Gasteiger partial charge in [-0.25, -0.2) is 9.59 Å². The number of esters is 1. The molecule has 0 rings (SSSR count). The van der Waals surface area contributed by atoms with Gasteiger partial charge >= 0.3 is 18.2 Å². The zero-order chi connectivity index (χ0) is 14.6. The summed E-state index contributed by atoms with van der Waals surface area (Å²) in [5, 5.41) is 1.44. The van der Waals surface area contributed by atoms with Crippen LogP contribution in [0.3, 0.4) is 0 Å². The van der Waals surface area contributed by atoms with Crippen molar-refractivity contribution in [3.05, 3.63) is 0 Å². The van der Waals surface area contributed by atoms with Crippen molar-refractivity contribution in [1.82, 2.24) is 5.32 Å². The van der Waals surface area contributed by atoms with Crippen LogP contribution in [0.2, 0.25) is 0 Å². The van der Waals surface area contributed by atoms with E-state index in [9.17, 15) is 22.8 Å². The Bertz CT molecular complexity index is 309. The first-order valence-electron chi connectivity index (χ1n) is 5.20. The molecule has 5 nitrogen and oxygen atoms in total. The van der Waals surface area contributed by atoms with E-state index < -0.39 is 29.9 Å². The van der Waals surface area contributed by atoms with E-state index in [1.54, 1.807) is 0 Å². The molecule has 0 saturated carbocycles. The Balaban J connectivity index is 4.72. The summed E-state index contributed by atoms with van der Waals surface area (Å²) in [5.74, 6) is -1.57. The Morgan fingerprint density at radius 1 is 1.22 bits per heavy atom. The summed E-state index contributed by atoms with van der Waals surface area (Å²) in [7, 11) is 0. The molecule has 1 N–H and O–H groups in total. The predicted molar refractivity (Wildman–Crippen MR) is 55.8 cm³/mol. The van der Waals surface area contributed by atoms with Crippen LogP contribution in [0.1, 0.15) is 27.7 Å². The van der Waals surface area contributed by atoms with E-state index in [4.69, 9.17) is 0 Å². The normalized spacial score (nSPS) is 13.7. The van der Waals surface area contributed by atoms with Crippen molar-refractivity contribution in [3.63, 3.8) is 0 Å². The molecule has 0 saturated heterocycles. The molecule has 0 spiro atoms. The van der Waals surface area contributed by atoms with Crippen molar-refractivity contribution in [2.24, 2.45) is 0 Å². The van der Waals surface area contributed by atoms with Crippen molar-refractivity contribution >= 4 is 12.1 Å². The Labute approximate surface area is 103 Å². The lowest BCUT2D eigenvalue weighted by Crippen LogP contribution is -2.52. The molecule has 8 heteroatoms. The molecule has 106 valence electrons. The van der Waals surface area contributed by atoms with Crippen LogP contribution in [-0.4, -0.2) is 36.5 Å². The molecule has 1 atom stereocenters. The highest BCUT2D eigenvalue weighted by molar-refractivity contribution is 5.82.